The highest BCUT2D eigenvalue weighted by molar-refractivity contribution is 5.80. The van der Waals surface area contributed by atoms with Gasteiger partial charge in [-0.15, -0.1) is 0 Å². The molecule has 0 aromatic carbocycles. The first-order chi connectivity index (χ1) is 9.27. The Morgan fingerprint density at radius 1 is 1.26 bits per heavy atom. The Balaban J connectivity index is 1.36. The summed E-state index contributed by atoms with van der Waals surface area (Å²) in [7, 11) is 0. The first-order valence-electron chi connectivity index (χ1n) is 7.76. The molecular weight excluding hydrogens is 240 g/mol. The highest BCUT2D eigenvalue weighted by Crippen LogP contribution is 2.52. The van der Waals surface area contributed by atoms with Crippen LogP contribution in [0.3, 0.4) is 0 Å². The van der Waals surface area contributed by atoms with Gasteiger partial charge in [-0.1, -0.05) is 11.6 Å². The highest BCUT2D eigenvalue weighted by atomic mass is 16.6. The molecule has 4 rings (SSSR count). The number of epoxide rings is 2. The van der Waals surface area contributed by atoms with Crippen molar-refractivity contribution >= 4 is 5.78 Å². The fourth-order valence-corrected chi connectivity index (χ4v) is 3.95. The molecule has 1 spiro atoms. The Hall–Kier alpha value is -0.670. The van der Waals surface area contributed by atoms with Gasteiger partial charge in [0.2, 0.25) is 0 Å². The maximum Gasteiger partial charge on any atom is 0.133 e. The third-order valence-electron chi connectivity index (χ3n) is 5.37. The van der Waals surface area contributed by atoms with E-state index in [1.165, 1.54) is 25.7 Å². The van der Waals surface area contributed by atoms with Gasteiger partial charge in [0.25, 0.3) is 0 Å². The monoisotopic (exact) mass is 262 g/mol. The van der Waals surface area contributed by atoms with Crippen LogP contribution in [-0.4, -0.2) is 30.2 Å². The second kappa shape index (κ2) is 4.42. The number of rotatable bonds is 3. The number of hydrogen-bond acceptors (Lipinski definition) is 3. The number of ether oxygens (including phenoxy) is 2. The highest BCUT2D eigenvalue weighted by Gasteiger charge is 2.62. The van der Waals surface area contributed by atoms with Crippen LogP contribution in [0, 0.1) is 5.92 Å². The maximum atomic E-state index is 11.7. The van der Waals surface area contributed by atoms with Crippen molar-refractivity contribution in [2.75, 3.05) is 6.61 Å². The molecule has 0 N–H and O–H groups in total. The Morgan fingerprint density at radius 3 is 2.79 bits per heavy atom. The Labute approximate surface area is 114 Å². The molecule has 4 aliphatic rings. The predicted octanol–water partition coefficient (Wildman–Crippen LogP) is 2.78. The van der Waals surface area contributed by atoms with E-state index >= 15 is 0 Å². The van der Waals surface area contributed by atoms with Crippen LogP contribution < -0.4 is 0 Å². The quantitative estimate of drug-likeness (QED) is 0.580. The van der Waals surface area contributed by atoms with Crippen molar-refractivity contribution in [3.05, 3.63) is 11.6 Å². The number of hydrogen-bond donors (Lipinski definition) is 0. The van der Waals surface area contributed by atoms with Gasteiger partial charge < -0.3 is 9.47 Å². The minimum absolute atomic E-state index is 0.0217. The average molecular weight is 262 g/mol. The lowest BCUT2D eigenvalue weighted by atomic mass is 9.76. The smallest absolute Gasteiger partial charge is 0.133 e. The molecular formula is C16H22O3. The van der Waals surface area contributed by atoms with Gasteiger partial charge in [0.1, 0.15) is 5.78 Å². The molecule has 104 valence electrons. The van der Waals surface area contributed by atoms with E-state index in [1.54, 1.807) is 5.57 Å². The molecule has 4 atom stereocenters. The molecule has 3 nitrogen and oxygen atoms in total. The second-order valence-corrected chi connectivity index (χ2v) is 6.65. The Morgan fingerprint density at radius 2 is 2.05 bits per heavy atom. The SMILES string of the molecule is O=C1CCC2(CO2)C(C2OC2CC=C2CCCC2)C1. The van der Waals surface area contributed by atoms with E-state index in [-0.39, 0.29) is 11.7 Å². The van der Waals surface area contributed by atoms with E-state index in [9.17, 15) is 4.79 Å². The zero-order valence-corrected chi connectivity index (χ0v) is 11.4. The van der Waals surface area contributed by atoms with Gasteiger partial charge in [-0.25, -0.2) is 0 Å². The summed E-state index contributed by atoms with van der Waals surface area (Å²) in [5.74, 6) is 0.732. The summed E-state index contributed by atoms with van der Waals surface area (Å²) >= 11 is 0. The number of allylic oxidation sites excluding steroid dienone is 1. The molecule has 0 aromatic rings. The lowest BCUT2D eigenvalue weighted by Crippen LogP contribution is -2.36. The van der Waals surface area contributed by atoms with Gasteiger partial charge in [0.05, 0.1) is 24.4 Å². The molecule has 2 saturated carbocycles. The molecule has 2 aliphatic carbocycles. The molecule has 2 saturated heterocycles. The summed E-state index contributed by atoms with van der Waals surface area (Å²) in [5.41, 5.74) is 1.64. The summed E-state index contributed by atoms with van der Waals surface area (Å²) in [6.07, 6.45) is 11.7. The van der Waals surface area contributed by atoms with Crippen molar-refractivity contribution in [2.24, 2.45) is 5.92 Å². The third kappa shape index (κ3) is 2.27. The lowest BCUT2D eigenvalue weighted by molar-refractivity contribution is -0.123. The largest absolute Gasteiger partial charge is 0.369 e. The zero-order valence-electron chi connectivity index (χ0n) is 11.4. The molecule has 0 radical (unpaired) electrons. The van der Waals surface area contributed by atoms with Crippen LogP contribution in [0.2, 0.25) is 0 Å². The summed E-state index contributed by atoms with van der Waals surface area (Å²) in [6.45, 7) is 0.846. The third-order valence-corrected chi connectivity index (χ3v) is 5.37. The minimum atomic E-state index is 0.0217. The predicted molar refractivity (Wildman–Crippen MR) is 70.9 cm³/mol. The molecule has 2 heterocycles. The minimum Gasteiger partial charge on any atom is -0.369 e. The van der Waals surface area contributed by atoms with E-state index < -0.39 is 0 Å². The molecule has 3 heteroatoms. The van der Waals surface area contributed by atoms with Crippen LogP contribution in [0.25, 0.3) is 0 Å². The van der Waals surface area contributed by atoms with Gasteiger partial charge in [0, 0.05) is 18.8 Å². The molecule has 4 fully saturated rings. The van der Waals surface area contributed by atoms with Gasteiger partial charge in [-0.05, 0) is 38.5 Å². The van der Waals surface area contributed by atoms with Gasteiger partial charge in [-0.3, -0.25) is 4.79 Å². The van der Waals surface area contributed by atoms with Crippen molar-refractivity contribution in [2.45, 2.75) is 69.2 Å². The van der Waals surface area contributed by atoms with E-state index in [0.717, 1.165) is 19.4 Å². The van der Waals surface area contributed by atoms with Crippen LogP contribution >= 0.6 is 0 Å². The van der Waals surface area contributed by atoms with Crippen molar-refractivity contribution in [3.8, 4) is 0 Å². The molecule has 4 unspecified atom stereocenters. The van der Waals surface area contributed by atoms with Crippen LogP contribution in [0.4, 0.5) is 0 Å². The van der Waals surface area contributed by atoms with E-state index in [0.29, 0.717) is 30.6 Å². The molecule has 2 aliphatic heterocycles. The summed E-state index contributed by atoms with van der Waals surface area (Å²) < 4.78 is 11.5. The van der Waals surface area contributed by atoms with E-state index in [2.05, 4.69) is 6.08 Å². The number of ketones is 1. The van der Waals surface area contributed by atoms with Crippen LogP contribution in [0.1, 0.15) is 51.4 Å². The van der Waals surface area contributed by atoms with Gasteiger partial charge in [0.15, 0.2) is 0 Å². The first kappa shape index (κ1) is 12.1. The van der Waals surface area contributed by atoms with Crippen LogP contribution in [0.15, 0.2) is 11.6 Å². The van der Waals surface area contributed by atoms with Crippen molar-refractivity contribution < 1.29 is 14.3 Å². The van der Waals surface area contributed by atoms with Gasteiger partial charge >= 0.3 is 0 Å². The fourth-order valence-electron chi connectivity index (χ4n) is 3.95. The van der Waals surface area contributed by atoms with E-state index in [1.807, 2.05) is 0 Å². The normalized spacial score (nSPS) is 44.7. The fraction of sp³-hybridized carbons (Fsp3) is 0.812. The van der Waals surface area contributed by atoms with Crippen LogP contribution in [0.5, 0.6) is 0 Å². The van der Waals surface area contributed by atoms with Gasteiger partial charge in [-0.2, -0.15) is 0 Å². The first-order valence-corrected chi connectivity index (χ1v) is 7.76. The van der Waals surface area contributed by atoms with Crippen molar-refractivity contribution in [1.29, 1.82) is 0 Å². The summed E-state index contributed by atoms with van der Waals surface area (Å²) in [5, 5.41) is 0. The molecule has 0 bridgehead atoms. The van der Waals surface area contributed by atoms with Crippen molar-refractivity contribution in [3.63, 3.8) is 0 Å². The summed E-state index contributed by atoms with van der Waals surface area (Å²) in [6, 6.07) is 0. The van der Waals surface area contributed by atoms with Crippen molar-refractivity contribution in [1.82, 2.24) is 0 Å². The van der Waals surface area contributed by atoms with Crippen LogP contribution in [-0.2, 0) is 14.3 Å². The zero-order chi connectivity index (χ0) is 12.9. The Kier molecular flexibility index (Phi) is 2.82. The number of carbonyl (C=O) groups is 1. The topological polar surface area (TPSA) is 42.1 Å². The second-order valence-electron chi connectivity index (χ2n) is 6.65. The maximum absolute atomic E-state index is 11.7. The summed E-state index contributed by atoms with van der Waals surface area (Å²) in [4.78, 5) is 11.7. The standard InChI is InChI=1S/C16H22O3/c17-12-7-8-16(10-18-16)13(9-12)15-14(19-15)6-5-11-3-1-2-4-11/h5,13-15H,1-4,6-10H2. The average Bonchev–Trinajstić information content (AvgIpc) is 3.31. The molecule has 0 amide bonds. The molecule has 0 aromatic heterocycles. The number of carbonyl (C=O) groups excluding carboxylic acids is 1. The molecule has 19 heavy (non-hydrogen) atoms. The lowest BCUT2D eigenvalue weighted by Gasteiger charge is -2.26. The van der Waals surface area contributed by atoms with E-state index in [4.69, 9.17) is 9.47 Å². The number of Topliss-reactive ketones (excluding diaryl/α,β-unsaturated/α-hetero) is 1. The Bertz CT molecular complexity index is 414.